The fourth-order valence-corrected chi connectivity index (χ4v) is 7.83. The van der Waals surface area contributed by atoms with Crippen LogP contribution in [0.25, 0.3) is 0 Å². The van der Waals surface area contributed by atoms with E-state index < -0.39 is 50.3 Å². The lowest BCUT2D eigenvalue weighted by Crippen LogP contribution is -2.59. The van der Waals surface area contributed by atoms with Crippen LogP contribution in [0.5, 0.6) is 5.75 Å². The molecule has 1 aromatic carbocycles. The summed E-state index contributed by atoms with van der Waals surface area (Å²) >= 11 is 0. The highest BCUT2D eigenvalue weighted by molar-refractivity contribution is 7.89. The molecule has 0 bridgehead atoms. The molecule has 3 aliphatic rings. The molecule has 2 atom stereocenters. The number of alkyl halides is 3. The third-order valence-electron chi connectivity index (χ3n) is 8.54. The maximum Gasteiger partial charge on any atom is 0.416 e. The molecule has 4 heterocycles. The van der Waals surface area contributed by atoms with Crippen molar-refractivity contribution >= 4 is 15.9 Å². The summed E-state index contributed by atoms with van der Waals surface area (Å²) in [5, 5.41) is 7.19. The van der Waals surface area contributed by atoms with E-state index in [1.807, 2.05) is 20.8 Å². The zero-order valence-corrected chi connectivity index (χ0v) is 24.8. The quantitative estimate of drug-likeness (QED) is 0.541. The molecule has 0 aliphatic carbocycles. The van der Waals surface area contributed by atoms with Gasteiger partial charge in [-0.3, -0.25) is 9.69 Å². The zero-order chi connectivity index (χ0) is 30.3. The third kappa shape index (κ3) is 6.17. The maximum absolute atomic E-state index is 13.9. The zero-order valence-electron chi connectivity index (χ0n) is 24.0. The molecule has 14 heteroatoms. The van der Waals surface area contributed by atoms with Gasteiger partial charge in [0.2, 0.25) is 15.9 Å². The Hall–Kier alpha value is -2.68. The number of likely N-dealkylation sites (tertiary alicyclic amines) is 1. The number of fused-ring (bicyclic) bond motifs is 2. The number of hydrogen-bond acceptors (Lipinski definition) is 8. The Kier molecular flexibility index (Phi) is 8.63. The number of carbonyl (C=O) groups excluding carboxylic acids is 1. The standard InChI is InChI=1S/C28H37F3N4O6S/c1-4-12-39-21-15-23-26(36)32-27(7-10-34(11-8-27)17-22-18(2)33-41-19(22)3)9-13-40-24-6-5-20(28(29,30)31)14-25(24)42(37,38)35(23)16-21/h5-6,14,21,23H,4,7-13,15-17H2,1-3H3,(H,32,36)/t21-,23+/m1/s1. The van der Waals surface area contributed by atoms with Crippen molar-refractivity contribution in [3.05, 3.63) is 40.8 Å². The first-order chi connectivity index (χ1) is 19.8. The SMILES string of the molecule is CCCO[C@@H]1C[C@H]2C(=O)NC3(CCOc4ccc(C(F)(F)F)cc4S(=O)(=O)N2C1)CCN(Cc1c(C)noc1C)CC3. The van der Waals surface area contributed by atoms with Gasteiger partial charge >= 0.3 is 6.18 Å². The summed E-state index contributed by atoms with van der Waals surface area (Å²) in [5.41, 5.74) is 0.0738. The van der Waals surface area contributed by atoms with Crippen LogP contribution in [0.1, 0.15) is 61.6 Å². The lowest BCUT2D eigenvalue weighted by Gasteiger charge is -2.43. The van der Waals surface area contributed by atoms with Gasteiger partial charge in [-0.15, -0.1) is 0 Å². The van der Waals surface area contributed by atoms with Gasteiger partial charge in [-0.25, -0.2) is 8.42 Å². The number of sulfonamides is 1. The number of rotatable bonds is 5. The minimum atomic E-state index is -4.76. The number of ether oxygens (including phenoxy) is 2. The van der Waals surface area contributed by atoms with Gasteiger partial charge in [0.05, 0.1) is 24.0 Å². The number of nitrogens with zero attached hydrogens (tertiary/aromatic N) is 3. The highest BCUT2D eigenvalue weighted by Crippen LogP contribution is 2.39. The highest BCUT2D eigenvalue weighted by Gasteiger charge is 2.48. The summed E-state index contributed by atoms with van der Waals surface area (Å²) < 4.78 is 86.7. The minimum absolute atomic E-state index is 0.0188. The summed E-state index contributed by atoms with van der Waals surface area (Å²) in [5.74, 6) is 0.120. The number of carbonyl (C=O) groups is 1. The van der Waals surface area contributed by atoms with Crippen molar-refractivity contribution in [1.29, 1.82) is 0 Å². The number of benzene rings is 1. The Morgan fingerprint density at radius 2 is 1.93 bits per heavy atom. The molecule has 0 radical (unpaired) electrons. The topological polar surface area (TPSA) is 114 Å². The first-order valence-corrected chi connectivity index (χ1v) is 15.7. The monoisotopic (exact) mass is 614 g/mol. The van der Waals surface area contributed by atoms with E-state index >= 15 is 0 Å². The molecule has 1 aromatic heterocycles. The van der Waals surface area contributed by atoms with Gasteiger partial charge in [0.15, 0.2) is 0 Å². The molecule has 42 heavy (non-hydrogen) atoms. The van der Waals surface area contributed by atoms with Gasteiger partial charge in [0.25, 0.3) is 0 Å². The molecule has 1 amide bonds. The summed E-state index contributed by atoms with van der Waals surface area (Å²) in [4.78, 5) is 15.5. The van der Waals surface area contributed by atoms with Crippen molar-refractivity contribution in [2.45, 2.75) is 88.2 Å². The largest absolute Gasteiger partial charge is 0.492 e. The minimum Gasteiger partial charge on any atom is -0.492 e. The smallest absolute Gasteiger partial charge is 0.416 e. The van der Waals surface area contributed by atoms with Crippen molar-refractivity contribution < 1.29 is 40.4 Å². The third-order valence-corrected chi connectivity index (χ3v) is 10.4. The van der Waals surface area contributed by atoms with Crippen LogP contribution in [0.3, 0.4) is 0 Å². The first-order valence-electron chi connectivity index (χ1n) is 14.3. The van der Waals surface area contributed by atoms with Crippen molar-refractivity contribution in [1.82, 2.24) is 19.7 Å². The molecule has 0 unspecified atom stereocenters. The van der Waals surface area contributed by atoms with Crippen molar-refractivity contribution in [3.63, 3.8) is 0 Å². The Balaban J connectivity index is 1.45. The molecule has 2 aromatic rings. The van der Waals surface area contributed by atoms with Crippen LogP contribution in [0.4, 0.5) is 13.2 Å². The van der Waals surface area contributed by atoms with Crippen molar-refractivity contribution in [2.24, 2.45) is 0 Å². The summed E-state index contributed by atoms with van der Waals surface area (Å²) in [6.07, 6.45) is -3.00. The summed E-state index contributed by atoms with van der Waals surface area (Å²) in [6, 6.07) is 1.34. The fraction of sp³-hybridized carbons (Fsp3) is 0.643. The van der Waals surface area contributed by atoms with Crippen molar-refractivity contribution in [2.75, 3.05) is 32.8 Å². The summed E-state index contributed by atoms with van der Waals surface area (Å²) in [7, 11) is -4.55. The molecule has 10 nitrogen and oxygen atoms in total. The lowest BCUT2D eigenvalue weighted by molar-refractivity contribution is -0.137. The van der Waals surface area contributed by atoms with Crippen LogP contribution >= 0.6 is 0 Å². The van der Waals surface area contributed by atoms with Gasteiger partial charge in [-0.2, -0.15) is 17.5 Å². The second-order valence-electron chi connectivity index (χ2n) is 11.4. The van der Waals surface area contributed by atoms with Gasteiger partial charge in [-0.05, 0) is 51.3 Å². The second-order valence-corrected chi connectivity index (χ2v) is 13.3. The van der Waals surface area contributed by atoms with Crippen LogP contribution in [0.2, 0.25) is 0 Å². The lowest BCUT2D eigenvalue weighted by atomic mass is 9.84. The molecule has 1 N–H and O–H groups in total. The molecule has 2 saturated heterocycles. The number of piperidine rings is 1. The van der Waals surface area contributed by atoms with E-state index in [1.165, 1.54) is 0 Å². The van der Waals surface area contributed by atoms with E-state index in [0.717, 1.165) is 33.5 Å². The Bertz CT molecular complexity index is 1390. The van der Waals surface area contributed by atoms with E-state index in [0.29, 0.717) is 58.0 Å². The molecular weight excluding hydrogens is 577 g/mol. The van der Waals surface area contributed by atoms with E-state index in [2.05, 4.69) is 15.4 Å². The van der Waals surface area contributed by atoms with E-state index in [9.17, 15) is 26.4 Å². The molecule has 3 aliphatic heterocycles. The number of halogens is 3. The normalized spacial score (nSPS) is 24.9. The van der Waals surface area contributed by atoms with Crippen LogP contribution < -0.4 is 10.1 Å². The number of aryl methyl sites for hydroxylation is 2. The molecule has 232 valence electrons. The Morgan fingerprint density at radius 1 is 1.19 bits per heavy atom. The molecular formula is C28H37F3N4O6S. The predicted octanol–water partition coefficient (Wildman–Crippen LogP) is 3.80. The van der Waals surface area contributed by atoms with Gasteiger partial charge < -0.3 is 19.3 Å². The molecule has 5 rings (SSSR count). The van der Waals surface area contributed by atoms with E-state index in [4.69, 9.17) is 14.0 Å². The van der Waals surface area contributed by atoms with Gasteiger partial charge in [0.1, 0.15) is 22.4 Å². The number of amides is 1. The Morgan fingerprint density at radius 3 is 2.57 bits per heavy atom. The number of hydrogen-bond donors (Lipinski definition) is 1. The van der Waals surface area contributed by atoms with Gasteiger partial charge in [0, 0.05) is 56.7 Å². The second kappa shape index (κ2) is 11.8. The highest BCUT2D eigenvalue weighted by atomic mass is 32.2. The molecule has 0 saturated carbocycles. The molecule has 1 spiro atoms. The van der Waals surface area contributed by atoms with Crippen LogP contribution in [-0.4, -0.2) is 79.2 Å². The van der Waals surface area contributed by atoms with Crippen LogP contribution in [0.15, 0.2) is 27.6 Å². The summed E-state index contributed by atoms with van der Waals surface area (Å²) in [6.45, 7) is 7.89. The average molecular weight is 615 g/mol. The number of nitrogens with one attached hydrogen (secondary N) is 1. The first kappa shape index (κ1) is 30.8. The average Bonchev–Trinajstić information content (AvgIpc) is 3.51. The van der Waals surface area contributed by atoms with Crippen molar-refractivity contribution in [3.8, 4) is 5.75 Å². The fourth-order valence-electron chi connectivity index (χ4n) is 6.04. The maximum atomic E-state index is 13.9. The van der Waals surface area contributed by atoms with E-state index in [1.54, 1.807) is 0 Å². The predicted molar refractivity (Wildman–Crippen MR) is 145 cm³/mol. The van der Waals surface area contributed by atoms with E-state index in [-0.39, 0.29) is 25.3 Å². The molecule has 2 fully saturated rings. The van der Waals surface area contributed by atoms with Crippen LogP contribution in [0, 0.1) is 13.8 Å². The Labute approximate surface area is 243 Å². The number of aromatic nitrogens is 1. The van der Waals surface area contributed by atoms with Gasteiger partial charge in [-0.1, -0.05) is 12.1 Å². The van der Waals surface area contributed by atoms with Crippen LogP contribution in [-0.2, 0) is 32.3 Å².